The van der Waals surface area contributed by atoms with Gasteiger partial charge in [0.25, 0.3) is 5.91 Å². The molecule has 1 aromatic rings. The number of anilines is 1. The molecular weight excluding hydrogens is 320 g/mol. The minimum absolute atomic E-state index is 0.184. The van der Waals surface area contributed by atoms with Gasteiger partial charge in [-0.25, -0.2) is 13.4 Å². The zero-order valence-corrected chi connectivity index (χ0v) is 14.5. The third kappa shape index (κ3) is 2.82. The van der Waals surface area contributed by atoms with Crippen molar-refractivity contribution in [3.8, 4) is 0 Å². The van der Waals surface area contributed by atoms with E-state index in [0.29, 0.717) is 17.0 Å². The summed E-state index contributed by atoms with van der Waals surface area (Å²) in [6.45, 7) is 1.51. The van der Waals surface area contributed by atoms with E-state index in [0.717, 1.165) is 11.3 Å². The average Bonchev–Trinajstić information content (AvgIpc) is 2.70. The molecule has 2 rings (SSSR count). The van der Waals surface area contributed by atoms with Crippen LogP contribution in [0.25, 0.3) is 0 Å². The highest BCUT2D eigenvalue weighted by Gasteiger charge is 2.46. The summed E-state index contributed by atoms with van der Waals surface area (Å²) >= 11 is 0. The lowest BCUT2D eigenvalue weighted by molar-refractivity contribution is -0.134. The maximum Gasteiger partial charge on any atom is 0.270 e. The summed E-state index contributed by atoms with van der Waals surface area (Å²) in [5.41, 5.74) is 1.97. The van der Waals surface area contributed by atoms with Gasteiger partial charge in [-0.05, 0) is 19.1 Å². The molecule has 1 heterocycles. The monoisotopic (exact) mass is 340 g/mol. The van der Waals surface area contributed by atoms with Crippen LogP contribution in [0.3, 0.4) is 0 Å². The first-order valence-electron chi connectivity index (χ1n) is 6.82. The highest BCUT2D eigenvalue weighted by atomic mass is 32.2. The molecule has 1 atom stereocenters. The van der Waals surface area contributed by atoms with Crippen LogP contribution in [0, 0.1) is 0 Å². The standard InChI is InChI=1S/C14H20N4O4S/c1-14(16-20)12(15-18(4)13(14)19)9-6-7-11(23(5,21)22)10(8-9)17(2)3/h6-8,16,20H,1-5H3. The molecule has 9 heteroatoms. The first kappa shape index (κ1) is 17.4. The van der Waals surface area contributed by atoms with E-state index in [1.807, 2.05) is 5.48 Å². The van der Waals surface area contributed by atoms with Crippen LogP contribution in [0.2, 0.25) is 0 Å². The van der Waals surface area contributed by atoms with E-state index in [1.165, 1.54) is 20.0 Å². The number of carbonyl (C=O) groups excluding carboxylic acids is 1. The number of likely N-dealkylation sites (N-methyl/N-ethyl adjacent to an activating group) is 1. The number of rotatable bonds is 4. The highest BCUT2D eigenvalue weighted by Crippen LogP contribution is 2.29. The Bertz CT molecular complexity index is 788. The quantitative estimate of drug-likeness (QED) is 0.752. The van der Waals surface area contributed by atoms with Gasteiger partial charge in [-0.2, -0.15) is 10.6 Å². The Hall–Kier alpha value is -1.97. The molecule has 0 spiro atoms. The smallest absolute Gasteiger partial charge is 0.270 e. The number of nitrogens with one attached hydrogen (secondary N) is 1. The average molecular weight is 340 g/mol. The molecule has 1 aliphatic heterocycles. The number of sulfone groups is 1. The predicted molar refractivity (Wildman–Crippen MR) is 86.5 cm³/mol. The van der Waals surface area contributed by atoms with Crippen LogP contribution >= 0.6 is 0 Å². The zero-order chi connectivity index (χ0) is 17.6. The van der Waals surface area contributed by atoms with Gasteiger partial charge in [0.1, 0.15) is 5.71 Å². The number of amides is 1. The maximum absolute atomic E-state index is 12.2. The maximum atomic E-state index is 12.2. The summed E-state index contributed by atoms with van der Waals surface area (Å²) in [6, 6.07) is 4.69. The summed E-state index contributed by atoms with van der Waals surface area (Å²) in [6.07, 6.45) is 1.14. The van der Waals surface area contributed by atoms with Crippen molar-refractivity contribution in [3.05, 3.63) is 23.8 Å². The summed E-state index contributed by atoms with van der Waals surface area (Å²) in [7, 11) is 1.54. The largest absolute Gasteiger partial charge is 0.377 e. The second-order valence-corrected chi connectivity index (χ2v) is 7.85. The Balaban J connectivity index is 2.65. The number of hydrazone groups is 1. The van der Waals surface area contributed by atoms with Crippen LogP contribution in [-0.4, -0.2) is 63.2 Å². The molecule has 0 saturated carbocycles. The Morgan fingerprint density at radius 1 is 1.35 bits per heavy atom. The molecule has 0 aliphatic carbocycles. The molecule has 0 radical (unpaired) electrons. The molecule has 1 amide bonds. The van der Waals surface area contributed by atoms with Crippen molar-refractivity contribution < 1.29 is 18.4 Å². The lowest BCUT2D eigenvalue weighted by atomic mass is 9.91. The van der Waals surface area contributed by atoms with E-state index >= 15 is 0 Å². The Morgan fingerprint density at radius 3 is 2.43 bits per heavy atom. The van der Waals surface area contributed by atoms with Gasteiger partial charge in [0.15, 0.2) is 15.4 Å². The SMILES string of the molecule is CN1N=C(c2ccc(S(C)(=O)=O)c(N(C)C)c2)C(C)(NO)C1=O. The van der Waals surface area contributed by atoms with Crippen molar-refractivity contribution in [1.82, 2.24) is 10.5 Å². The topological polar surface area (TPSA) is 102 Å². The number of hydrogen-bond donors (Lipinski definition) is 2. The lowest BCUT2D eigenvalue weighted by Crippen LogP contribution is -2.53. The highest BCUT2D eigenvalue weighted by molar-refractivity contribution is 7.90. The Kier molecular flexibility index (Phi) is 4.22. The van der Waals surface area contributed by atoms with Gasteiger partial charge in [0, 0.05) is 33.0 Å². The molecule has 0 saturated heterocycles. The molecule has 0 aromatic heterocycles. The molecule has 8 nitrogen and oxygen atoms in total. The minimum Gasteiger partial charge on any atom is -0.377 e. The first-order valence-corrected chi connectivity index (χ1v) is 8.72. The van der Waals surface area contributed by atoms with Gasteiger partial charge < -0.3 is 10.1 Å². The van der Waals surface area contributed by atoms with Gasteiger partial charge in [-0.1, -0.05) is 6.07 Å². The molecule has 0 fully saturated rings. The van der Waals surface area contributed by atoms with E-state index in [-0.39, 0.29) is 4.90 Å². The third-order valence-electron chi connectivity index (χ3n) is 3.78. The van der Waals surface area contributed by atoms with Crippen molar-refractivity contribution >= 4 is 27.1 Å². The van der Waals surface area contributed by atoms with Gasteiger partial charge >= 0.3 is 0 Å². The first-order chi connectivity index (χ1) is 10.5. The fraction of sp³-hybridized carbons (Fsp3) is 0.429. The summed E-state index contributed by atoms with van der Waals surface area (Å²) in [5, 5.41) is 14.7. The van der Waals surface area contributed by atoms with E-state index in [2.05, 4.69) is 5.10 Å². The molecule has 1 unspecified atom stereocenters. The predicted octanol–water partition coefficient (Wildman–Crippen LogP) is 0.0697. The molecule has 0 bridgehead atoms. The van der Waals surface area contributed by atoms with Crippen molar-refractivity contribution in [2.75, 3.05) is 32.3 Å². The van der Waals surface area contributed by atoms with Crippen LogP contribution in [0.15, 0.2) is 28.2 Å². The fourth-order valence-electron chi connectivity index (χ4n) is 2.50. The van der Waals surface area contributed by atoms with Gasteiger partial charge in [-0.3, -0.25) is 4.79 Å². The zero-order valence-electron chi connectivity index (χ0n) is 13.7. The van der Waals surface area contributed by atoms with Crippen LogP contribution in [0.5, 0.6) is 0 Å². The molecule has 1 aliphatic rings. The van der Waals surface area contributed by atoms with Crippen molar-refractivity contribution in [2.24, 2.45) is 5.10 Å². The van der Waals surface area contributed by atoms with Gasteiger partial charge in [-0.15, -0.1) is 0 Å². The van der Waals surface area contributed by atoms with E-state index < -0.39 is 21.3 Å². The lowest BCUT2D eigenvalue weighted by Gasteiger charge is -2.23. The number of hydrogen-bond acceptors (Lipinski definition) is 7. The molecule has 126 valence electrons. The molecule has 23 heavy (non-hydrogen) atoms. The van der Waals surface area contributed by atoms with Crippen LogP contribution in [0.4, 0.5) is 5.69 Å². The molecular formula is C14H20N4O4S. The van der Waals surface area contributed by atoms with Crippen LogP contribution in [-0.2, 0) is 14.6 Å². The van der Waals surface area contributed by atoms with Crippen molar-refractivity contribution in [1.29, 1.82) is 0 Å². The second kappa shape index (κ2) is 5.59. The van der Waals surface area contributed by atoms with E-state index in [4.69, 9.17) is 0 Å². The van der Waals surface area contributed by atoms with Gasteiger partial charge in [0.2, 0.25) is 0 Å². The normalized spacial score (nSPS) is 21.6. The van der Waals surface area contributed by atoms with Gasteiger partial charge in [0.05, 0.1) is 10.6 Å². The van der Waals surface area contributed by atoms with Crippen molar-refractivity contribution in [3.63, 3.8) is 0 Å². The van der Waals surface area contributed by atoms with E-state index in [9.17, 15) is 18.4 Å². The summed E-state index contributed by atoms with van der Waals surface area (Å²) in [4.78, 5) is 14.0. The molecule has 2 N–H and O–H groups in total. The van der Waals surface area contributed by atoms with E-state index in [1.54, 1.807) is 31.1 Å². The minimum atomic E-state index is -3.40. The summed E-state index contributed by atoms with van der Waals surface area (Å²) in [5.74, 6) is -0.409. The third-order valence-corrected chi connectivity index (χ3v) is 4.93. The number of nitrogens with zero attached hydrogens (tertiary/aromatic N) is 3. The Morgan fingerprint density at radius 2 is 1.96 bits per heavy atom. The van der Waals surface area contributed by atoms with Crippen LogP contribution < -0.4 is 10.4 Å². The number of benzene rings is 1. The number of hydroxylamine groups is 1. The second-order valence-electron chi connectivity index (χ2n) is 5.86. The Labute approximate surface area is 135 Å². The summed E-state index contributed by atoms with van der Waals surface area (Å²) < 4.78 is 23.8. The number of carbonyl (C=O) groups is 1. The van der Waals surface area contributed by atoms with Crippen LogP contribution in [0.1, 0.15) is 12.5 Å². The fourth-order valence-corrected chi connectivity index (χ4v) is 3.43. The van der Waals surface area contributed by atoms with Crippen molar-refractivity contribution in [2.45, 2.75) is 17.4 Å². The molecule has 1 aromatic carbocycles.